The van der Waals surface area contributed by atoms with Crippen molar-refractivity contribution < 1.29 is 4.74 Å². The van der Waals surface area contributed by atoms with Gasteiger partial charge in [-0.15, -0.1) is 0 Å². The Morgan fingerprint density at radius 3 is 2.56 bits per heavy atom. The van der Waals surface area contributed by atoms with Gasteiger partial charge in [-0.2, -0.15) is 0 Å². The predicted octanol–water partition coefficient (Wildman–Crippen LogP) is 3.73. The van der Waals surface area contributed by atoms with Crippen LogP contribution in [0.1, 0.15) is 49.7 Å². The fourth-order valence-electron chi connectivity index (χ4n) is 2.62. The first kappa shape index (κ1) is 13.4. The molecule has 18 heavy (non-hydrogen) atoms. The van der Waals surface area contributed by atoms with Gasteiger partial charge in [0, 0.05) is 6.04 Å². The molecule has 2 heteroatoms. The molecule has 1 aromatic carbocycles. The summed E-state index contributed by atoms with van der Waals surface area (Å²) >= 11 is 0. The van der Waals surface area contributed by atoms with Gasteiger partial charge in [-0.25, -0.2) is 0 Å². The number of nitrogens with two attached hydrogens (primary N) is 1. The second-order valence-electron chi connectivity index (χ2n) is 5.58. The first-order valence-electron chi connectivity index (χ1n) is 7.16. The Bertz CT molecular complexity index is 389. The van der Waals surface area contributed by atoms with Crippen LogP contribution in [-0.2, 0) is 0 Å². The Morgan fingerprint density at radius 1 is 1.06 bits per heavy atom. The summed E-state index contributed by atoms with van der Waals surface area (Å²) in [6.45, 7) is 4.20. The topological polar surface area (TPSA) is 35.2 Å². The first-order chi connectivity index (χ1) is 8.66. The van der Waals surface area contributed by atoms with Gasteiger partial charge in [0.1, 0.15) is 11.9 Å². The molecule has 2 nitrogen and oxygen atoms in total. The smallest absolute Gasteiger partial charge is 0.122 e. The summed E-state index contributed by atoms with van der Waals surface area (Å²) in [5.41, 5.74) is 8.71. The van der Waals surface area contributed by atoms with Gasteiger partial charge in [0.25, 0.3) is 0 Å². The van der Waals surface area contributed by atoms with E-state index in [0.29, 0.717) is 0 Å². The van der Waals surface area contributed by atoms with Crippen molar-refractivity contribution in [3.8, 4) is 5.75 Å². The van der Waals surface area contributed by atoms with Crippen molar-refractivity contribution in [1.82, 2.24) is 0 Å². The maximum atomic E-state index is 6.26. The van der Waals surface area contributed by atoms with Crippen molar-refractivity contribution in [2.24, 2.45) is 5.73 Å². The van der Waals surface area contributed by atoms with Crippen LogP contribution in [0, 0.1) is 13.8 Å². The van der Waals surface area contributed by atoms with Gasteiger partial charge >= 0.3 is 0 Å². The van der Waals surface area contributed by atoms with Crippen molar-refractivity contribution in [1.29, 1.82) is 0 Å². The quantitative estimate of drug-likeness (QED) is 0.864. The highest BCUT2D eigenvalue weighted by atomic mass is 16.5. The zero-order chi connectivity index (χ0) is 13.0. The molecule has 0 radical (unpaired) electrons. The highest BCUT2D eigenvalue weighted by molar-refractivity contribution is 5.36. The molecule has 100 valence electrons. The van der Waals surface area contributed by atoms with E-state index in [4.69, 9.17) is 10.5 Å². The molecule has 1 aliphatic carbocycles. The van der Waals surface area contributed by atoms with Crippen LogP contribution in [0.15, 0.2) is 18.2 Å². The van der Waals surface area contributed by atoms with Crippen LogP contribution in [0.2, 0.25) is 0 Å². The summed E-state index contributed by atoms with van der Waals surface area (Å²) in [4.78, 5) is 0. The lowest BCUT2D eigenvalue weighted by Gasteiger charge is -2.28. The zero-order valence-corrected chi connectivity index (χ0v) is 11.6. The highest BCUT2D eigenvalue weighted by Crippen LogP contribution is 2.25. The molecule has 0 amide bonds. The highest BCUT2D eigenvalue weighted by Gasteiger charge is 2.21. The molecular weight excluding hydrogens is 222 g/mol. The third-order valence-electron chi connectivity index (χ3n) is 3.88. The Labute approximate surface area is 111 Å². The lowest BCUT2D eigenvalue weighted by molar-refractivity contribution is 0.144. The maximum absolute atomic E-state index is 6.26. The summed E-state index contributed by atoms with van der Waals surface area (Å²) in [6, 6.07) is 6.56. The zero-order valence-electron chi connectivity index (χ0n) is 11.6. The van der Waals surface area contributed by atoms with Gasteiger partial charge in [0.05, 0.1) is 0 Å². The van der Waals surface area contributed by atoms with E-state index in [1.807, 2.05) is 0 Å². The molecule has 0 saturated heterocycles. The van der Waals surface area contributed by atoms with Gasteiger partial charge in [0.2, 0.25) is 0 Å². The minimum absolute atomic E-state index is 0.185. The summed E-state index contributed by atoms with van der Waals surface area (Å²) in [7, 11) is 0. The van der Waals surface area contributed by atoms with Gasteiger partial charge in [-0.3, -0.25) is 0 Å². The Balaban J connectivity index is 2.07. The SMILES string of the molecule is Cc1ccc(C)c(OC2CCCCCCC2N)c1. The largest absolute Gasteiger partial charge is 0.489 e. The number of hydrogen-bond donors (Lipinski definition) is 1. The van der Waals surface area contributed by atoms with E-state index >= 15 is 0 Å². The number of aryl methyl sites for hydroxylation is 2. The number of benzene rings is 1. The molecule has 0 heterocycles. The maximum Gasteiger partial charge on any atom is 0.122 e. The molecule has 2 unspecified atom stereocenters. The summed E-state index contributed by atoms with van der Waals surface area (Å²) < 4.78 is 6.19. The lowest BCUT2D eigenvalue weighted by atomic mass is 9.94. The molecule has 2 atom stereocenters. The van der Waals surface area contributed by atoms with Crippen LogP contribution in [-0.4, -0.2) is 12.1 Å². The van der Waals surface area contributed by atoms with E-state index in [1.165, 1.54) is 36.8 Å². The van der Waals surface area contributed by atoms with Crippen molar-refractivity contribution in [2.75, 3.05) is 0 Å². The van der Waals surface area contributed by atoms with Crippen LogP contribution in [0.4, 0.5) is 0 Å². The Hall–Kier alpha value is -1.02. The fraction of sp³-hybridized carbons (Fsp3) is 0.625. The summed E-state index contributed by atoms with van der Waals surface area (Å²) in [6.07, 6.45) is 7.50. The van der Waals surface area contributed by atoms with E-state index in [1.54, 1.807) is 0 Å². The number of hydrogen-bond acceptors (Lipinski definition) is 2. The van der Waals surface area contributed by atoms with E-state index < -0.39 is 0 Å². The molecule has 1 saturated carbocycles. The van der Waals surface area contributed by atoms with Crippen molar-refractivity contribution >= 4 is 0 Å². The van der Waals surface area contributed by atoms with Gasteiger partial charge in [-0.05, 0) is 50.3 Å². The predicted molar refractivity (Wildman–Crippen MR) is 76.0 cm³/mol. The van der Waals surface area contributed by atoms with Crippen molar-refractivity contribution in [3.63, 3.8) is 0 Å². The third kappa shape index (κ3) is 3.49. The van der Waals surface area contributed by atoms with Crippen LogP contribution < -0.4 is 10.5 Å². The molecular formula is C16H25NO. The molecule has 1 fully saturated rings. The molecule has 1 aromatic rings. The normalized spacial score (nSPS) is 25.3. The van der Waals surface area contributed by atoms with Crippen LogP contribution in [0.25, 0.3) is 0 Å². The van der Waals surface area contributed by atoms with Gasteiger partial charge < -0.3 is 10.5 Å². The lowest BCUT2D eigenvalue weighted by Crippen LogP contribution is -2.39. The standard InChI is InChI=1S/C16H25NO/c1-12-9-10-13(2)16(11-12)18-15-8-6-4-3-5-7-14(15)17/h9-11,14-15H,3-8,17H2,1-2H3. The molecule has 0 aliphatic heterocycles. The van der Waals surface area contributed by atoms with Crippen molar-refractivity contribution in [3.05, 3.63) is 29.3 Å². The van der Waals surface area contributed by atoms with E-state index in [0.717, 1.165) is 18.6 Å². The van der Waals surface area contributed by atoms with Crippen molar-refractivity contribution in [2.45, 2.75) is 64.5 Å². The van der Waals surface area contributed by atoms with Crippen LogP contribution in [0.5, 0.6) is 5.75 Å². The second-order valence-corrected chi connectivity index (χ2v) is 5.58. The molecule has 0 aromatic heterocycles. The summed E-state index contributed by atoms with van der Waals surface area (Å²) in [5, 5.41) is 0. The third-order valence-corrected chi connectivity index (χ3v) is 3.88. The number of rotatable bonds is 2. The molecule has 2 rings (SSSR count). The molecule has 0 bridgehead atoms. The fourth-order valence-corrected chi connectivity index (χ4v) is 2.62. The van der Waals surface area contributed by atoms with Crippen LogP contribution >= 0.6 is 0 Å². The average Bonchev–Trinajstić information content (AvgIpc) is 2.33. The van der Waals surface area contributed by atoms with E-state index in [2.05, 4.69) is 32.0 Å². The van der Waals surface area contributed by atoms with Gasteiger partial charge in [0.15, 0.2) is 0 Å². The summed E-state index contributed by atoms with van der Waals surface area (Å²) in [5.74, 6) is 1.01. The monoisotopic (exact) mass is 247 g/mol. The van der Waals surface area contributed by atoms with E-state index in [-0.39, 0.29) is 12.1 Å². The first-order valence-corrected chi connectivity index (χ1v) is 7.16. The van der Waals surface area contributed by atoms with Crippen LogP contribution in [0.3, 0.4) is 0 Å². The molecule has 0 spiro atoms. The second kappa shape index (κ2) is 6.24. The molecule has 2 N–H and O–H groups in total. The number of ether oxygens (including phenoxy) is 1. The van der Waals surface area contributed by atoms with Gasteiger partial charge in [-0.1, -0.05) is 31.4 Å². The van der Waals surface area contributed by atoms with E-state index in [9.17, 15) is 0 Å². The average molecular weight is 247 g/mol. The minimum Gasteiger partial charge on any atom is -0.489 e. The Kier molecular flexibility index (Phi) is 4.65. The minimum atomic E-state index is 0.185. The molecule has 1 aliphatic rings. The Morgan fingerprint density at radius 2 is 1.78 bits per heavy atom.